The number of sulfonamides is 1. The van der Waals surface area contributed by atoms with Gasteiger partial charge in [-0.1, -0.05) is 18.2 Å². The first-order valence-corrected chi connectivity index (χ1v) is 8.51. The third-order valence-corrected chi connectivity index (χ3v) is 5.68. The van der Waals surface area contributed by atoms with Crippen molar-refractivity contribution >= 4 is 21.9 Å². The lowest BCUT2D eigenvalue weighted by Crippen LogP contribution is -2.36. The van der Waals surface area contributed by atoms with Crippen LogP contribution in [-0.4, -0.2) is 37.8 Å². The first-order chi connectivity index (χ1) is 11.4. The van der Waals surface area contributed by atoms with E-state index in [9.17, 15) is 18.3 Å². The number of rotatable bonds is 2. The van der Waals surface area contributed by atoms with Gasteiger partial charge in [-0.3, -0.25) is 9.10 Å². The second-order valence-electron chi connectivity index (χ2n) is 5.26. The largest absolute Gasteiger partial charge is 0.504 e. The van der Waals surface area contributed by atoms with Crippen LogP contribution in [0.2, 0.25) is 0 Å². The Morgan fingerprint density at radius 2 is 1.88 bits per heavy atom. The van der Waals surface area contributed by atoms with Gasteiger partial charge in [-0.25, -0.2) is 8.42 Å². The first-order valence-electron chi connectivity index (χ1n) is 7.07. The van der Waals surface area contributed by atoms with Crippen LogP contribution in [0, 0.1) is 0 Å². The molecule has 3 rings (SSSR count). The molecule has 2 aromatic rings. The molecule has 1 N–H and O–H groups in total. The highest BCUT2D eigenvalue weighted by Gasteiger charge is 2.36. The molecule has 1 aliphatic heterocycles. The smallest absolute Gasteiger partial charge is 0.264 e. The molecule has 0 atom stereocenters. The van der Waals surface area contributed by atoms with Crippen LogP contribution in [0.1, 0.15) is 15.9 Å². The number of methoxy groups -OCH3 is 1. The number of carbonyl (C=O) groups excluding carboxylic acids is 1. The first kappa shape index (κ1) is 16.1. The lowest BCUT2D eigenvalue weighted by Gasteiger charge is -2.28. The molecule has 24 heavy (non-hydrogen) atoms. The van der Waals surface area contributed by atoms with Gasteiger partial charge >= 0.3 is 0 Å². The number of phenols is 1. The molecule has 0 fully saturated rings. The number of hydrogen-bond acceptors (Lipinski definition) is 5. The maximum absolute atomic E-state index is 12.7. The second-order valence-corrected chi connectivity index (χ2v) is 7.20. The summed E-state index contributed by atoms with van der Waals surface area (Å²) >= 11 is 0. The molecule has 0 amide bonds. The van der Waals surface area contributed by atoms with E-state index < -0.39 is 10.0 Å². The van der Waals surface area contributed by atoms with Crippen molar-refractivity contribution in [2.24, 2.45) is 0 Å². The summed E-state index contributed by atoms with van der Waals surface area (Å²) in [6.07, 6.45) is 1.46. The standard InChI is InChI=1S/C17H15NO5S/c1-18-13(9-11-7-8-14(19)15(10-11)23-2)17(20)12-5-3-4-6-16(12)24(18,21)22/h3-10,19H,1-2H3. The fourth-order valence-corrected chi connectivity index (χ4v) is 3.91. The third kappa shape index (κ3) is 2.43. The number of likely N-dealkylation sites (N-methyl/N-ethyl adjacent to an activating group) is 1. The number of allylic oxidation sites excluding steroid dienone is 1. The van der Waals surface area contributed by atoms with E-state index in [2.05, 4.69) is 0 Å². The van der Waals surface area contributed by atoms with Crippen molar-refractivity contribution in [3.05, 3.63) is 59.3 Å². The van der Waals surface area contributed by atoms with Gasteiger partial charge in [0.1, 0.15) is 5.70 Å². The molecule has 7 heteroatoms. The maximum Gasteiger partial charge on any atom is 0.264 e. The molecular formula is C17H15NO5S. The van der Waals surface area contributed by atoms with Crippen LogP contribution in [0.3, 0.4) is 0 Å². The summed E-state index contributed by atoms with van der Waals surface area (Å²) in [7, 11) is -1.04. The molecule has 1 heterocycles. The van der Waals surface area contributed by atoms with Gasteiger partial charge in [0.25, 0.3) is 10.0 Å². The van der Waals surface area contributed by atoms with Crippen LogP contribution >= 0.6 is 0 Å². The Morgan fingerprint density at radius 1 is 1.17 bits per heavy atom. The monoisotopic (exact) mass is 345 g/mol. The van der Waals surface area contributed by atoms with E-state index in [1.807, 2.05) is 0 Å². The normalized spacial score (nSPS) is 17.7. The average Bonchev–Trinajstić information content (AvgIpc) is 2.58. The van der Waals surface area contributed by atoms with Crippen molar-refractivity contribution < 1.29 is 23.1 Å². The fourth-order valence-electron chi connectivity index (χ4n) is 2.54. The van der Waals surface area contributed by atoms with Crippen molar-refractivity contribution in [1.29, 1.82) is 0 Å². The van der Waals surface area contributed by atoms with E-state index in [0.717, 1.165) is 4.31 Å². The molecule has 1 aliphatic rings. The van der Waals surface area contributed by atoms with Crippen molar-refractivity contribution in [3.8, 4) is 11.5 Å². The number of Topliss-reactive ketones (excluding diaryl/α,β-unsaturated/α-hetero) is 1. The SMILES string of the molecule is COc1cc(C=C2C(=O)c3ccccc3S(=O)(=O)N2C)ccc1O. The van der Waals surface area contributed by atoms with Gasteiger partial charge in [0.2, 0.25) is 5.78 Å². The molecule has 0 aliphatic carbocycles. The Hall–Kier alpha value is -2.80. The molecule has 0 unspecified atom stereocenters. The van der Waals surface area contributed by atoms with Gasteiger partial charge in [-0.2, -0.15) is 0 Å². The predicted molar refractivity (Wildman–Crippen MR) is 88.4 cm³/mol. The molecule has 0 radical (unpaired) electrons. The Labute approximate surface area is 139 Å². The Balaban J connectivity index is 2.17. The van der Waals surface area contributed by atoms with Gasteiger partial charge in [0.05, 0.1) is 12.0 Å². The average molecular weight is 345 g/mol. The second kappa shape index (κ2) is 5.68. The fraction of sp³-hybridized carbons (Fsp3) is 0.118. The molecule has 124 valence electrons. The molecule has 0 saturated heterocycles. The molecule has 0 bridgehead atoms. The van der Waals surface area contributed by atoms with Gasteiger partial charge in [-0.15, -0.1) is 0 Å². The molecule has 0 saturated carbocycles. The Bertz CT molecular complexity index is 963. The molecule has 2 aromatic carbocycles. The minimum absolute atomic E-state index is 0.00191. The van der Waals surface area contributed by atoms with Gasteiger partial charge in [-0.05, 0) is 35.9 Å². The van der Waals surface area contributed by atoms with Crippen LogP contribution in [0.15, 0.2) is 53.1 Å². The summed E-state index contributed by atoms with van der Waals surface area (Å²) in [5.41, 5.74) is 0.712. The van der Waals surface area contributed by atoms with Crippen molar-refractivity contribution in [2.75, 3.05) is 14.2 Å². The van der Waals surface area contributed by atoms with E-state index >= 15 is 0 Å². The van der Waals surface area contributed by atoms with Crippen LogP contribution in [-0.2, 0) is 10.0 Å². The maximum atomic E-state index is 12.7. The summed E-state index contributed by atoms with van der Waals surface area (Å²) in [4.78, 5) is 12.7. The number of carbonyl (C=O) groups is 1. The van der Waals surface area contributed by atoms with E-state index in [1.165, 1.54) is 44.5 Å². The van der Waals surface area contributed by atoms with Crippen molar-refractivity contribution in [3.63, 3.8) is 0 Å². The van der Waals surface area contributed by atoms with Crippen molar-refractivity contribution in [2.45, 2.75) is 4.90 Å². The van der Waals surface area contributed by atoms with E-state index in [0.29, 0.717) is 5.56 Å². The highest BCUT2D eigenvalue weighted by molar-refractivity contribution is 7.89. The predicted octanol–water partition coefficient (Wildman–Crippen LogP) is 2.26. The minimum Gasteiger partial charge on any atom is -0.504 e. The zero-order chi connectivity index (χ0) is 17.5. The highest BCUT2D eigenvalue weighted by Crippen LogP contribution is 2.33. The number of ketones is 1. The quantitative estimate of drug-likeness (QED) is 0.844. The van der Waals surface area contributed by atoms with E-state index in [1.54, 1.807) is 18.2 Å². The zero-order valence-corrected chi connectivity index (χ0v) is 13.9. The van der Waals surface area contributed by atoms with Crippen LogP contribution in [0.5, 0.6) is 11.5 Å². The lowest BCUT2D eigenvalue weighted by atomic mass is 10.1. The zero-order valence-electron chi connectivity index (χ0n) is 13.1. The topological polar surface area (TPSA) is 83.9 Å². The highest BCUT2D eigenvalue weighted by atomic mass is 32.2. The number of phenolic OH excluding ortho intramolecular Hbond substituents is 1. The van der Waals surface area contributed by atoms with Crippen LogP contribution < -0.4 is 4.74 Å². The number of aromatic hydroxyl groups is 1. The van der Waals surface area contributed by atoms with Crippen molar-refractivity contribution in [1.82, 2.24) is 4.31 Å². The van der Waals surface area contributed by atoms with Gasteiger partial charge in [0.15, 0.2) is 11.5 Å². The van der Waals surface area contributed by atoms with Crippen LogP contribution in [0.4, 0.5) is 0 Å². The summed E-state index contributed by atoms with van der Waals surface area (Å²) in [6.45, 7) is 0. The molecule has 0 spiro atoms. The molecule has 6 nitrogen and oxygen atoms in total. The Morgan fingerprint density at radius 3 is 2.58 bits per heavy atom. The van der Waals surface area contributed by atoms with E-state index in [4.69, 9.17) is 4.74 Å². The minimum atomic E-state index is -3.78. The number of nitrogens with zero attached hydrogens (tertiary/aromatic N) is 1. The molecular weight excluding hydrogens is 330 g/mol. The number of ether oxygens (including phenoxy) is 1. The lowest BCUT2D eigenvalue weighted by molar-refractivity contribution is 0.101. The number of fused-ring (bicyclic) bond motifs is 1. The van der Waals surface area contributed by atoms with Gasteiger partial charge < -0.3 is 9.84 Å². The van der Waals surface area contributed by atoms with Gasteiger partial charge in [0, 0.05) is 12.6 Å². The molecule has 0 aromatic heterocycles. The third-order valence-electron chi connectivity index (χ3n) is 3.85. The summed E-state index contributed by atoms with van der Waals surface area (Å²) in [5, 5.41) is 9.64. The Kier molecular flexibility index (Phi) is 3.81. The summed E-state index contributed by atoms with van der Waals surface area (Å²) in [5.74, 6) is -0.186. The van der Waals surface area contributed by atoms with E-state index in [-0.39, 0.29) is 33.4 Å². The number of benzene rings is 2. The summed E-state index contributed by atoms with van der Waals surface area (Å²) < 4.78 is 31.2. The summed E-state index contributed by atoms with van der Waals surface area (Å²) in [6, 6.07) is 10.6. The van der Waals surface area contributed by atoms with Crippen LogP contribution in [0.25, 0.3) is 6.08 Å². The number of hydrogen-bond donors (Lipinski definition) is 1.